The molecule has 1 aromatic rings. The molecule has 0 saturated heterocycles. The zero-order valence-electron chi connectivity index (χ0n) is 6.90. The molecule has 66 valence electrons. The number of rotatable bonds is 2. The lowest BCUT2D eigenvalue weighted by Crippen LogP contribution is -2.28. The maximum atomic E-state index is 9.19. The molecule has 0 fully saturated rings. The first-order valence-corrected chi connectivity index (χ1v) is 3.88. The molecule has 5 heteroatoms. The first-order chi connectivity index (χ1) is 5.61. The molecule has 0 radical (unpaired) electrons. The van der Waals surface area contributed by atoms with Gasteiger partial charge in [0, 0.05) is 13.2 Å². The van der Waals surface area contributed by atoms with Crippen LogP contribution in [0.5, 0.6) is 0 Å². The fourth-order valence-corrected chi connectivity index (χ4v) is 0.857. The minimum atomic E-state index is -0.587. The number of hydrogen-bond donors (Lipinski definition) is 1. The van der Waals surface area contributed by atoms with Crippen LogP contribution >= 0.6 is 11.6 Å². The summed E-state index contributed by atoms with van der Waals surface area (Å²) in [6.45, 7) is 1.65. The van der Waals surface area contributed by atoms with E-state index in [1.165, 1.54) is 0 Å². The molecule has 0 saturated carbocycles. The summed E-state index contributed by atoms with van der Waals surface area (Å²) in [6.07, 6.45) is 0.958. The van der Waals surface area contributed by atoms with Crippen LogP contribution in [0.2, 0.25) is 5.28 Å². The van der Waals surface area contributed by atoms with Crippen LogP contribution in [0, 0.1) is 0 Å². The highest BCUT2D eigenvalue weighted by Gasteiger charge is 2.07. The number of halogens is 1. The van der Waals surface area contributed by atoms with Gasteiger partial charge in [-0.15, -0.1) is 0 Å². The zero-order chi connectivity index (χ0) is 9.14. The van der Waals surface area contributed by atoms with E-state index in [-0.39, 0.29) is 5.28 Å². The predicted octanol–water partition coefficient (Wildman–Crippen LogP) is 0.904. The quantitative estimate of drug-likeness (QED) is 0.552. The summed E-state index contributed by atoms with van der Waals surface area (Å²) in [7, 11) is 1.73. The molecule has 12 heavy (non-hydrogen) atoms. The largest absolute Gasteiger partial charge is 0.374 e. The molecule has 0 aliphatic carbocycles. The highest BCUT2D eigenvalue weighted by molar-refractivity contribution is 6.28. The number of aliphatic hydroxyl groups is 1. The fraction of sp³-hybridized carbons (Fsp3) is 0.429. The molecule has 1 unspecified atom stereocenters. The van der Waals surface area contributed by atoms with E-state index in [4.69, 9.17) is 11.6 Å². The number of nitrogens with zero attached hydrogens (tertiary/aromatic N) is 3. The number of aliphatic hydroxyl groups excluding tert-OH is 1. The van der Waals surface area contributed by atoms with E-state index < -0.39 is 6.23 Å². The van der Waals surface area contributed by atoms with Gasteiger partial charge in [0.25, 0.3) is 0 Å². The second-order valence-electron chi connectivity index (χ2n) is 2.43. The Morgan fingerprint density at radius 2 is 2.33 bits per heavy atom. The van der Waals surface area contributed by atoms with Crippen molar-refractivity contribution in [3.8, 4) is 0 Å². The van der Waals surface area contributed by atoms with Gasteiger partial charge in [-0.2, -0.15) is 0 Å². The van der Waals surface area contributed by atoms with Crippen molar-refractivity contribution >= 4 is 17.4 Å². The van der Waals surface area contributed by atoms with Crippen molar-refractivity contribution in [2.75, 3.05) is 11.9 Å². The van der Waals surface area contributed by atoms with Crippen molar-refractivity contribution in [2.24, 2.45) is 0 Å². The Hall–Kier alpha value is -0.870. The van der Waals surface area contributed by atoms with Crippen molar-refractivity contribution in [1.29, 1.82) is 0 Å². The number of anilines is 1. The molecule has 0 amide bonds. The normalized spacial score (nSPS) is 12.7. The predicted molar refractivity (Wildman–Crippen MR) is 47.1 cm³/mol. The Balaban J connectivity index is 2.88. The van der Waals surface area contributed by atoms with E-state index in [1.54, 1.807) is 31.1 Å². The standard InChI is InChI=1S/C7H10ClN3O/c1-5(12)11(2)6-3-4-9-7(8)10-6/h3-5,12H,1-2H3. The minimum absolute atomic E-state index is 0.181. The summed E-state index contributed by atoms with van der Waals surface area (Å²) in [5.41, 5.74) is 0. The number of hydrogen-bond acceptors (Lipinski definition) is 4. The van der Waals surface area contributed by atoms with Gasteiger partial charge in [-0.1, -0.05) is 0 Å². The average molecular weight is 188 g/mol. The summed E-state index contributed by atoms with van der Waals surface area (Å²) in [4.78, 5) is 9.23. The third-order valence-electron chi connectivity index (χ3n) is 1.53. The van der Waals surface area contributed by atoms with Gasteiger partial charge in [0.15, 0.2) is 0 Å². The van der Waals surface area contributed by atoms with E-state index in [0.717, 1.165) is 0 Å². The van der Waals surface area contributed by atoms with Crippen LogP contribution in [0.3, 0.4) is 0 Å². The zero-order valence-corrected chi connectivity index (χ0v) is 7.65. The molecule has 1 N–H and O–H groups in total. The summed E-state index contributed by atoms with van der Waals surface area (Å²) in [6, 6.07) is 1.68. The van der Waals surface area contributed by atoms with Crippen molar-refractivity contribution in [2.45, 2.75) is 13.2 Å². The molecule has 4 nitrogen and oxygen atoms in total. The molecule has 1 rings (SSSR count). The molecule has 1 aromatic heterocycles. The smallest absolute Gasteiger partial charge is 0.224 e. The third-order valence-corrected chi connectivity index (χ3v) is 1.72. The molecule has 1 heterocycles. The minimum Gasteiger partial charge on any atom is -0.374 e. The molecular weight excluding hydrogens is 178 g/mol. The highest BCUT2D eigenvalue weighted by atomic mass is 35.5. The van der Waals surface area contributed by atoms with Crippen LogP contribution in [-0.2, 0) is 0 Å². The maximum Gasteiger partial charge on any atom is 0.224 e. The number of aromatic nitrogens is 2. The van der Waals surface area contributed by atoms with Crippen molar-refractivity contribution < 1.29 is 5.11 Å². The first kappa shape index (κ1) is 9.22. The Bertz CT molecular complexity index is 267. The van der Waals surface area contributed by atoms with Crippen molar-refractivity contribution in [3.63, 3.8) is 0 Å². The van der Waals surface area contributed by atoms with Gasteiger partial charge in [0.1, 0.15) is 12.0 Å². The van der Waals surface area contributed by atoms with Crippen LogP contribution in [0.15, 0.2) is 12.3 Å². The van der Waals surface area contributed by atoms with Gasteiger partial charge in [0.05, 0.1) is 0 Å². The second kappa shape index (κ2) is 3.69. The molecule has 0 aliphatic rings. The van der Waals surface area contributed by atoms with E-state index in [0.29, 0.717) is 5.82 Å². The van der Waals surface area contributed by atoms with E-state index >= 15 is 0 Å². The van der Waals surface area contributed by atoms with Crippen molar-refractivity contribution in [1.82, 2.24) is 9.97 Å². The lowest BCUT2D eigenvalue weighted by atomic mass is 10.5. The molecule has 1 atom stereocenters. The fourth-order valence-electron chi connectivity index (χ4n) is 0.714. The monoisotopic (exact) mass is 187 g/mol. The van der Waals surface area contributed by atoms with Crippen LogP contribution in [0.1, 0.15) is 6.92 Å². The summed E-state index contributed by atoms with van der Waals surface area (Å²) >= 11 is 5.56. The van der Waals surface area contributed by atoms with E-state index in [1.807, 2.05) is 0 Å². The summed E-state index contributed by atoms with van der Waals surface area (Å²) < 4.78 is 0. The third kappa shape index (κ3) is 2.06. The van der Waals surface area contributed by atoms with E-state index in [9.17, 15) is 5.11 Å². The van der Waals surface area contributed by atoms with Gasteiger partial charge < -0.3 is 10.0 Å². The Morgan fingerprint density at radius 3 is 2.83 bits per heavy atom. The van der Waals surface area contributed by atoms with Gasteiger partial charge in [-0.25, -0.2) is 9.97 Å². The lowest BCUT2D eigenvalue weighted by molar-refractivity contribution is 0.194. The Labute approximate surface area is 75.8 Å². The van der Waals surface area contributed by atoms with Gasteiger partial charge in [0.2, 0.25) is 5.28 Å². The van der Waals surface area contributed by atoms with Gasteiger partial charge in [-0.3, -0.25) is 0 Å². The SMILES string of the molecule is CC(O)N(C)c1ccnc(Cl)n1. The van der Waals surface area contributed by atoms with Gasteiger partial charge in [-0.05, 0) is 24.6 Å². The van der Waals surface area contributed by atoms with Gasteiger partial charge >= 0.3 is 0 Å². The molecule has 0 bridgehead atoms. The lowest BCUT2D eigenvalue weighted by Gasteiger charge is -2.20. The maximum absolute atomic E-state index is 9.19. The van der Waals surface area contributed by atoms with Crippen LogP contribution in [0.4, 0.5) is 5.82 Å². The molecule has 0 aliphatic heterocycles. The van der Waals surface area contributed by atoms with Crippen LogP contribution in [0.25, 0.3) is 0 Å². The second-order valence-corrected chi connectivity index (χ2v) is 2.76. The first-order valence-electron chi connectivity index (χ1n) is 3.50. The van der Waals surface area contributed by atoms with Crippen LogP contribution < -0.4 is 4.90 Å². The molecule has 0 aromatic carbocycles. The topological polar surface area (TPSA) is 49.2 Å². The summed E-state index contributed by atoms with van der Waals surface area (Å²) in [5.74, 6) is 0.602. The highest BCUT2D eigenvalue weighted by Crippen LogP contribution is 2.11. The summed E-state index contributed by atoms with van der Waals surface area (Å²) in [5, 5.41) is 9.37. The molecule has 0 spiro atoms. The average Bonchev–Trinajstić information content (AvgIpc) is 2.03. The van der Waals surface area contributed by atoms with Crippen molar-refractivity contribution in [3.05, 3.63) is 17.5 Å². The Kier molecular flexibility index (Phi) is 2.83. The molecular formula is C7H10ClN3O. The Morgan fingerprint density at radius 1 is 1.67 bits per heavy atom. The van der Waals surface area contributed by atoms with E-state index in [2.05, 4.69) is 9.97 Å². The van der Waals surface area contributed by atoms with Crippen LogP contribution in [-0.4, -0.2) is 28.4 Å².